The van der Waals surface area contributed by atoms with Gasteiger partial charge < -0.3 is 10.6 Å². The van der Waals surface area contributed by atoms with Crippen LogP contribution in [-0.2, 0) is 30.1 Å². The predicted octanol–water partition coefficient (Wildman–Crippen LogP) is 7.12. The van der Waals surface area contributed by atoms with Crippen molar-refractivity contribution in [3.8, 4) is 0 Å². The van der Waals surface area contributed by atoms with Gasteiger partial charge in [-0.2, -0.15) is 26.3 Å². The Hall–Kier alpha value is -2.55. The number of carbonyl (C=O) groups is 1. The van der Waals surface area contributed by atoms with E-state index in [4.69, 9.17) is 0 Å². The number of fused-ring (bicyclic) bond motifs is 1. The molecule has 2 aromatic rings. The molecule has 2 aliphatic rings. The van der Waals surface area contributed by atoms with Crippen molar-refractivity contribution in [1.82, 2.24) is 10.6 Å². The van der Waals surface area contributed by atoms with Crippen LogP contribution < -0.4 is 10.6 Å². The second-order valence-corrected chi connectivity index (χ2v) is 10.8. The topological polar surface area (TPSA) is 41.1 Å². The molecule has 1 fully saturated rings. The van der Waals surface area contributed by atoms with Gasteiger partial charge in [0.25, 0.3) is 0 Å². The molecule has 37 heavy (non-hydrogen) atoms. The second kappa shape index (κ2) is 9.97. The molecule has 9 heteroatoms. The number of alkyl halides is 6. The minimum Gasteiger partial charge on any atom is -0.352 e. The third-order valence-corrected chi connectivity index (χ3v) is 8.02. The van der Waals surface area contributed by atoms with Gasteiger partial charge in [0.15, 0.2) is 0 Å². The van der Waals surface area contributed by atoms with E-state index in [-0.39, 0.29) is 35.5 Å². The van der Waals surface area contributed by atoms with Gasteiger partial charge in [0.1, 0.15) is 0 Å². The van der Waals surface area contributed by atoms with Crippen molar-refractivity contribution in [2.24, 2.45) is 11.3 Å². The number of nitrogens with one attached hydrogen (secondary N) is 2. The number of hydrogen-bond donors (Lipinski definition) is 2. The molecule has 2 N–H and O–H groups in total. The van der Waals surface area contributed by atoms with Crippen molar-refractivity contribution in [2.45, 2.75) is 83.9 Å². The van der Waals surface area contributed by atoms with Crippen LogP contribution in [0.25, 0.3) is 0 Å². The molecule has 0 spiro atoms. The largest absolute Gasteiger partial charge is 0.416 e. The average Bonchev–Trinajstić information content (AvgIpc) is 3.41. The van der Waals surface area contributed by atoms with Crippen LogP contribution in [0.5, 0.6) is 0 Å². The van der Waals surface area contributed by atoms with E-state index in [9.17, 15) is 31.1 Å². The number of benzene rings is 2. The smallest absolute Gasteiger partial charge is 0.352 e. The van der Waals surface area contributed by atoms with Crippen molar-refractivity contribution < 1.29 is 31.1 Å². The van der Waals surface area contributed by atoms with Crippen molar-refractivity contribution in [1.29, 1.82) is 0 Å². The maximum atomic E-state index is 13.4. The van der Waals surface area contributed by atoms with Crippen molar-refractivity contribution >= 4 is 5.91 Å². The highest BCUT2D eigenvalue weighted by Gasteiger charge is 2.48. The zero-order valence-corrected chi connectivity index (χ0v) is 21.1. The molecule has 0 aromatic heterocycles. The molecule has 2 aliphatic carbocycles. The Bertz CT molecular complexity index is 1120. The van der Waals surface area contributed by atoms with E-state index >= 15 is 0 Å². The average molecular weight is 527 g/mol. The zero-order valence-electron chi connectivity index (χ0n) is 21.1. The first-order valence-corrected chi connectivity index (χ1v) is 12.6. The molecule has 3 nitrogen and oxygen atoms in total. The van der Waals surface area contributed by atoms with E-state index in [2.05, 4.69) is 35.8 Å². The quantitative estimate of drug-likeness (QED) is 0.394. The molecule has 0 aliphatic heterocycles. The normalized spacial score (nSPS) is 23.9. The molecule has 1 amide bonds. The SMILES string of the molecule is Cc1ccc2c(c1)C(N[C@@H]1CC[C@@](C(=O)NCc3cc(C(F)(F)F)cc(C(F)(F)F)c3)(C(C)C)C1)CC2. The summed E-state index contributed by atoms with van der Waals surface area (Å²) < 4.78 is 79.3. The van der Waals surface area contributed by atoms with Crippen molar-refractivity contribution in [3.63, 3.8) is 0 Å². The molecule has 2 aromatic carbocycles. The van der Waals surface area contributed by atoms with Gasteiger partial charge in [-0.05, 0) is 79.8 Å². The summed E-state index contributed by atoms with van der Waals surface area (Å²) >= 11 is 0. The Kier molecular flexibility index (Phi) is 7.40. The van der Waals surface area contributed by atoms with Gasteiger partial charge in [-0.1, -0.05) is 37.6 Å². The van der Waals surface area contributed by atoms with Gasteiger partial charge in [0, 0.05) is 18.6 Å². The Labute approximate surface area is 213 Å². The summed E-state index contributed by atoms with van der Waals surface area (Å²) in [4.78, 5) is 13.4. The van der Waals surface area contributed by atoms with Crippen LogP contribution in [0.4, 0.5) is 26.3 Å². The standard InChI is InChI=1S/C28H32F6N2O/c1-16(2)26(9-8-22(14-26)36-24-7-6-19-5-4-17(3)10-23(19)24)25(37)35-15-18-11-20(27(29,30)31)13-21(12-18)28(32,33)34/h4-5,10-13,16,22,24,36H,6-9,14-15H2,1-3H3,(H,35,37)/t22-,24?,26+/m1/s1. The molecule has 0 radical (unpaired) electrons. The van der Waals surface area contributed by atoms with Gasteiger partial charge in [-0.15, -0.1) is 0 Å². The summed E-state index contributed by atoms with van der Waals surface area (Å²) in [5, 5.41) is 6.37. The molecule has 0 saturated heterocycles. The fraction of sp³-hybridized carbons (Fsp3) is 0.536. The van der Waals surface area contributed by atoms with Crippen LogP contribution in [0, 0.1) is 18.3 Å². The fourth-order valence-corrected chi connectivity index (χ4v) is 5.87. The highest BCUT2D eigenvalue weighted by atomic mass is 19.4. The fourth-order valence-electron chi connectivity index (χ4n) is 5.87. The van der Waals surface area contributed by atoms with Gasteiger partial charge in [0.2, 0.25) is 5.91 Å². The van der Waals surface area contributed by atoms with Crippen LogP contribution in [0.2, 0.25) is 0 Å². The van der Waals surface area contributed by atoms with Crippen LogP contribution in [0.3, 0.4) is 0 Å². The number of rotatable bonds is 6. The molecule has 3 atom stereocenters. The summed E-state index contributed by atoms with van der Waals surface area (Å²) in [5.74, 6) is -0.384. The maximum Gasteiger partial charge on any atom is 0.416 e. The zero-order chi connectivity index (χ0) is 27.2. The first kappa shape index (κ1) is 27.5. The molecule has 4 rings (SSSR count). The Morgan fingerprint density at radius 3 is 2.24 bits per heavy atom. The van der Waals surface area contributed by atoms with Gasteiger partial charge >= 0.3 is 12.4 Å². The Morgan fingerprint density at radius 1 is 1.00 bits per heavy atom. The third-order valence-electron chi connectivity index (χ3n) is 8.02. The summed E-state index contributed by atoms with van der Waals surface area (Å²) in [6.45, 7) is 5.51. The molecular weight excluding hydrogens is 494 g/mol. The third kappa shape index (κ3) is 5.81. The van der Waals surface area contributed by atoms with Crippen LogP contribution in [0.1, 0.15) is 79.0 Å². The van der Waals surface area contributed by atoms with Crippen LogP contribution in [0.15, 0.2) is 36.4 Å². The van der Waals surface area contributed by atoms with E-state index in [1.54, 1.807) is 0 Å². The highest BCUT2D eigenvalue weighted by molar-refractivity contribution is 5.83. The number of halogens is 6. The monoisotopic (exact) mass is 526 g/mol. The van der Waals surface area contributed by atoms with Gasteiger partial charge in [-0.25, -0.2) is 0 Å². The summed E-state index contributed by atoms with van der Waals surface area (Å²) in [7, 11) is 0. The Balaban J connectivity index is 1.47. The molecular formula is C28H32F6N2O. The molecule has 202 valence electrons. The first-order valence-electron chi connectivity index (χ1n) is 12.6. The van der Waals surface area contributed by atoms with Crippen LogP contribution in [-0.4, -0.2) is 11.9 Å². The lowest BCUT2D eigenvalue weighted by Crippen LogP contribution is -2.44. The first-order chi connectivity index (χ1) is 17.2. The molecule has 1 unspecified atom stereocenters. The van der Waals surface area contributed by atoms with Crippen molar-refractivity contribution in [3.05, 3.63) is 69.8 Å². The lowest BCUT2D eigenvalue weighted by atomic mass is 9.74. The lowest BCUT2D eigenvalue weighted by Gasteiger charge is -2.33. The van der Waals surface area contributed by atoms with E-state index < -0.39 is 35.4 Å². The maximum absolute atomic E-state index is 13.4. The van der Waals surface area contributed by atoms with Crippen molar-refractivity contribution in [2.75, 3.05) is 0 Å². The number of hydrogen-bond acceptors (Lipinski definition) is 2. The molecule has 1 saturated carbocycles. The summed E-state index contributed by atoms with van der Waals surface area (Å²) in [6, 6.07) is 8.18. The van der Waals surface area contributed by atoms with Crippen LogP contribution >= 0.6 is 0 Å². The van der Waals surface area contributed by atoms with E-state index in [1.807, 2.05) is 13.8 Å². The van der Waals surface area contributed by atoms with E-state index in [1.165, 1.54) is 16.7 Å². The summed E-state index contributed by atoms with van der Waals surface area (Å²) in [6.07, 6.45) is -5.96. The van der Waals surface area contributed by atoms with Gasteiger partial charge in [-0.3, -0.25) is 4.79 Å². The lowest BCUT2D eigenvalue weighted by molar-refractivity contribution is -0.143. The van der Waals surface area contributed by atoms with E-state index in [0.717, 1.165) is 19.3 Å². The Morgan fingerprint density at radius 2 is 1.65 bits per heavy atom. The minimum atomic E-state index is -4.93. The number of amides is 1. The molecule has 0 heterocycles. The van der Waals surface area contributed by atoms with E-state index in [0.29, 0.717) is 25.0 Å². The summed E-state index contributed by atoms with van der Waals surface area (Å²) in [5.41, 5.74) is 0.0489. The minimum absolute atomic E-state index is 0.0512. The van der Waals surface area contributed by atoms with Gasteiger partial charge in [0.05, 0.1) is 16.5 Å². The predicted molar refractivity (Wildman–Crippen MR) is 129 cm³/mol. The molecule has 0 bridgehead atoms. The second-order valence-electron chi connectivity index (χ2n) is 10.8. The highest BCUT2D eigenvalue weighted by Crippen LogP contribution is 2.46. The number of carbonyl (C=O) groups excluding carboxylic acids is 1. The number of aryl methyl sites for hydroxylation is 2.